The van der Waals surface area contributed by atoms with Crippen LogP contribution in [0, 0.1) is 0 Å². The summed E-state index contributed by atoms with van der Waals surface area (Å²) in [5, 5.41) is 11.3. The Morgan fingerprint density at radius 2 is 2.05 bits per heavy atom. The third kappa shape index (κ3) is 4.76. The lowest BCUT2D eigenvalue weighted by Gasteiger charge is -2.27. The van der Waals surface area contributed by atoms with Gasteiger partial charge in [-0.1, -0.05) is 0 Å². The molecular formula is C12H15F3N2O2. The number of aromatic nitrogens is 1. The molecule has 7 heteroatoms. The number of hydrogen-bond acceptors (Lipinski definition) is 3. The summed E-state index contributed by atoms with van der Waals surface area (Å²) < 4.78 is 38.3. The number of carbonyl (C=O) groups is 1. The third-order valence-corrected chi connectivity index (χ3v) is 2.53. The van der Waals surface area contributed by atoms with Gasteiger partial charge in [-0.2, -0.15) is 13.2 Å². The monoisotopic (exact) mass is 276 g/mol. The van der Waals surface area contributed by atoms with Gasteiger partial charge in [-0.15, -0.1) is 0 Å². The van der Waals surface area contributed by atoms with E-state index in [-0.39, 0.29) is 18.7 Å². The fourth-order valence-electron chi connectivity index (χ4n) is 1.54. The molecule has 4 nitrogen and oxygen atoms in total. The zero-order valence-corrected chi connectivity index (χ0v) is 10.6. The Kier molecular flexibility index (Phi) is 4.39. The van der Waals surface area contributed by atoms with Gasteiger partial charge in [-0.25, -0.2) is 4.98 Å². The SMILES string of the molecule is CC(C)(CCC(=O)O)Nc1ncccc1C(F)(F)F. The molecule has 106 valence electrons. The van der Waals surface area contributed by atoms with Gasteiger partial charge in [0.25, 0.3) is 0 Å². The molecule has 0 atom stereocenters. The van der Waals surface area contributed by atoms with E-state index in [4.69, 9.17) is 5.11 Å². The third-order valence-electron chi connectivity index (χ3n) is 2.53. The zero-order valence-electron chi connectivity index (χ0n) is 10.6. The van der Waals surface area contributed by atoms with Crippen molar-refractivity contribution in [2.45, 2.75) is 38.4 Å². The molecule has 19 heavy (non-hydrogen) atoms. The van der Waals surface area contributed by atoms with Gasteiger partial charge >= 0.3 is 12.1 Å². The highest BCUT2D eigenvalue weighted by Gasteiger charge is 2.35. The van der Waals surface area contributed by atoms with Gasteiger partial charge in [0, 0.05) is 18.2 Å². The summed E-state index contributed by atoms with van der Waals surface area (Å²) in [5.41, 5.74) is -1.66. The smallest absolute Gasteiger partial charge is 0.419 e. The predicted octanol–water partition coefficient (Wildman–Crippen LogP) is 3.16. The van der Waals surface area contributed by atoms with Crippen molar-refractivity contribution in [3.05, 3.63) is 23.9 Å². The molecule has 0 aliphatic heterocycles. The lowest BCUT2D eigenvalue weighted by Crippen LogP contribution is -2.33. The molecule has 0 spiro atoms. The summed E-state index contributed by atoms with van der Waals surface area (Å²) in [5.74, 6) is -1.28. The number of pyridine rings is 1. The second-order valence-corrected chi connectivity index (χ2v) is 4.80. The van der Waals surface area contributed by atoms with Gasteiger partial charge in [-0.05, 0) is 32.4 Å². The van der Waals surface area contributed by atoms with Crippen LogP contribution >= 0.6 is 0 Å². The first-order valence-corrected chi connectivity index (χ1v) is 5.64. The Morgan fingerprint density at radius 1 is 1.42 bits per heavy atom. The van der Waals surface area contributed by atoms with E-state index in [9.17, 15) is 18.0 Å². The average Bonchev–Trinajstić information content (AvgIpc) is 2.25. The molecule has 0 saturated heterocycles. The lowest BCUT2D eigenvalue weighted by molar-refractivity contribution is -0.138. The minimum atomic E-state index is -4.50. The number of aliphatic carboxylic acids is 1. The van der Waals surface area contributed by atoms with Crippen LogP contribution in [0.1, 0.15) is 32.3 Å². The molecule has 0 radical (unpaired) electrons. The van der Waals surface area contributed by atoms with Crippen LogP contribution in [0.15, 0.2) is 18.3 Å². The highest BCUT2D eigenvalue weighted by molar-refractivity contribution is 5.66. The Morgan fingerprint density at radius 3 is 2.58 bits per heavy atom. The second-order valence-electron chi connectivity index (χ2n) is 4.80. The largest absolute Gasteiger partial charge is 0.481 e. The molecular weight excluding hydrogens is 261 g/mol. The molecule has 2 N–H and O–H groups in total. The molecule has 0 bridgehead atoms. The molecule has 0 saturated carbocycles. The van der Waals surface area contributed by atoms with Crippen LogP contribution in [0.3, 0.4) is 0 Å². The molecule has 1 heterocycles. The van der Waals surface area contributed by atoms with Gasteiger partial charge in [0.1, 0.15) is 5.82 Å². The van der Waals surface area contributed by atoms with E-state index in [1.54, 1.807) is 13.8 Å². The number of carboxylic acid groups (broad SMARTS) is 1. The number of hydrogen-bond donors (Lipinski definition) is 2. The highest BCUT2D eigenvalue weighted by Crippen LogP contribution is 2.34. The number of nitrogens with one attached hydrogen (secondary N) is 1. The number of anilines is 1. The van der Waals surface area contributed by atoms with E-state index in [1.165, 1.54) is 12.3 Å². The van der Waals surface area contributed by atoms with Crippen molar-refractivity contribution in [2.24, 2.45) is 0 Å². The summed E-state index contributed by atoms with van der Waals surface area (Å²) in [7, 11) is 0. The van der Waals surface area contributed by atoms with Crippen LogP contribution < -0.4 is 5.32 Å². The summed E-state index contributed by atoms with van der Waals surface area (Å²) in [6.45, 7) is 3.26. The molecule has 1 aromatic rings. The second kappa shape index (κ2) is 5.46. The van der Waals surface area contributed by atoms with E-state index < -0.39 is 23.2 Å². The zero-order chi connectivity index (χ0) is 14.7. The van der Waals surface area contributed by atoms with Gasteiger partial charge in [-0.3, -0.25) is 4.79 Å². The van der Waals surface area contributed by atoms with Crippen LogP contribution in [-0.4, -0.2) is 21.6 Å². The topological polar surface area (TPSA) is 62.2 Å². The molecule has 0 aliphatic carbocycles. The number of alkyl halides is 3. The van der Waals surface area contributed by atoms with E-state index in [0.29, 0.717) is 0 Å². The maximum atomic E-state index is 12.8. The molecule has 0 aliphatic rings. The van der Waals surface area contributed by atoms with Crippen molar-refractivity contribution < 1.29 is 23.1 Å². The quantitative estimate of drug-likeness (QED) is 0.867. The molecule has 1 aromatic heterocycles. The number of carboxylic acids is 1. The van der Waals surface area contributed by atoms with Gasteiger partial charge in [0.15, 0.2) is 0 Å². The van der Waals surface area contributed by atoms with Crippen molar-refractivity contribution >= 4 is 11.8 Å². The first-order valence-electron chi connectivity index (χ1n) is 5.64. The van der Waals surface area contributed by atoms with Crippen LogP contribution in [-0.2, 0) is 11.0 Å². The molecule has 0 aromatic carbocycles. The van der Waals surface area contributed by atoms with Crippen LogP contribution in [0.2, 0.25) is 0 Å². The minimum Gasteiger partial charge on any atom is -0.481 e. The van der Waals surface area contributed by atoms with Gasteiger partial charge < -0.3 is 10.4 Å². The lowest BCUT2D eigenvalue weighted by atomic mass is 9.98. The van der Waals surface area contributed by atoms with Gasteiger partial charge in [0.2, 0.25) is 0 Å². The van der Waals surface area contributed by atoms with Crippen molar-refractivity contribution in [1.82, 2.24) is 4.98 Å². The number of nitrogens with zero attached hydrogens (tertiary/aromatic N) is 1. The normalized spacial score (nSPS) is 12.3. The summed E-state index contributed by atoms with van der Waals surface area (Å²) in [6.07, 6.45) is -3.19. The van der Waals surface area contributed by atoms with E-state index in [2.05, 4.69) is 10.3 Å². The Hall–Kier alpha value is -1.79. The summed E-state index contributed by atoms with van der Waals surface area (Å²) in [6, 6.07) is 2.14. The van der Waals surface area contributed by atoms with Crippen LogP contribution in [0.25, 0.3) is 0 Å². The standard InChI is InChI=1S/C12H15F3N2O2/c1-11(2,6-5-9(18)19)17-10-8(12(13,14)15)4-3-7-16-10/h3-4,7H,5-6H2,1-2H3,(H,16,17)(H,18,19). The molecule has 0 unspecified atom stereocenters. The van der Waals surface area contributed by atoms with E-state index in [1.807, 2.05) is 0 Å². The molecule has 1 rings (SSSR count). The first kappa shape index (κ1) is 15.3. The summed E-state index contributed by atoms with van der Waals surface area (Å²) >= 11 is 0. The maximum absolute atomic E-state index is 12.8. The van der Waals surface area contributed by atoms with Crippen molar-refractivity contribution in [3.8, 4) is 0 Å². The first-order chi connectivity index (χ1) is 8.62. The Labute approximate surface area is 108 Å². The van der Waals surface area contributed by atoms with E-state index >= 15 is 0 Å². The van der Waals surface area contributed by atoms with Crippen molar-refractivity contribution in [2.75, 3.05) is 5.32 Å². The molecule has 0 fully saturated rings. The van der Waals surface area contributed by atoms with Gasteiger partial charge in [0.05, 0.1) is 5.56 Å². The molecule has 0 amide bonds. The Balaban J connectivity index is 2.90. The predicted molar refractivity (Wildman–Crippen MR) is 63.8 cm³/mol. The van der Waals surface area contributed by atoms with Crippen molar-refractivity contribution in [1.29, 1.82) is 0 Å². The van der Waals surface area contributed by atoms with Crippen LogP contribution in [0.4, 0.5) is 19.0 Å². The highest BCUT2D eigenvalue weighted by atomic mass is 19.4. The Bertz CT molecular complexity index is 459. The maximum Gasteiger partial charge on any atom is 0.419 e. The fourth-order valence-corrected chi connectivity index (χ4v) is 1.54. The number of rotatable bonds is 5. The average molecular weight is 276 g/mol. The summed E-state index contributed by atoms with van der Waals surface area (Å²) in [4.78, 5) is 14.2. The van der Waals surface area contributed by atoms with E-state index in [0.717, 1.165) is 6.07 Å². The number of halogens is 3. The van der Waals surface area contributed by atoms with Crippen LogP contribution in [0.5, 0.6) is 0 Å². The fraction of sp³-hybridized carbons (Fsp3) is 0.500. The minimum absolute atomic E-state index is 0.131. The van der Waals surface area contributed by atoms with Crippen molar-refractivity contribution in [3.63, 3.8) is 0 Å².